The van der Waals surface area contributed by atoms with Gasteiger partial charge >= 0.3 is 19.8 Å². The molecule has 320 valence electrons. The monoisotopic (exact) mass is 796 g/mol. The number of allylic oxidation sites excluding steroid dienone is 8. The Kier molecular flexibility index (Phi) is 40.1. The molecule has 0 radical (unpaired) electrons. The quantitative estimate of drug-likeness (QED) is 0.0268. The Labute approximate surface area is 336 Å². The first-order chi connectivity index (χ1) is 26.8. The fourth-order valence-electron chi connectivity index (χ4n) is 5.88. The highest BCUT2D eigenvalue weighted by molar-refractivity contribution is 7.47. The first kappa shape index (κ1) is 53.0. The van der Waals surface area contributed by atoms with Crippen LogP contribution in [0, 0.1) is 0 Å². The number of rotatable bonds is 41. The molecule has 0 heterocycles. The highest BCUT2D eigenvalue weighted by Gasteiger charge is 2.25. The Morgan fingerprint density at radius 3 is 1.47 bits per heavy atom. The summed E-state index contributed by atoms with van der Waals surface area (Å²) in [4.78, 5) is 34.8. The Morgan fingerprint density at radius 1 is 0.545 bits per heavy atom. The van der Waals surface area contributed by atoms with E-state index in [-0.39, 0.29) is 32.6 Å². The van der Waals surface area contributed by atoms with Crippen LogP contribution in [0.1, 0.15) is 194 Å². The lowest BCUT2D eigenvalue weighted by Gasteiger charge is -2.19. The summed E-state index contributed by atoms with van der Waals surface area (Å²) in [6.07, 6.45) is 47.2. The number of hydrogen-bond acceptors (Lipinski definition) is 8. The standard InChI is InChI=1S/C45H82NO8P/c1-3-5-7-9-11-13-15-17-19-21-23-25-27-29-31-33-35-37-44(47)51-41-43(42-53-55(49,50)52-40-39-46)54-45(48)38-36-34-32-30-28-26-24-22-20-18-16-14-12-10-8-6-4-2/h17-20,24,26,30,32,43H,3-16,21-23,25,27-29,31,33-42,46H2,1-2H3,(H,49,50)/t43-/m1/s1. The Balaban J connectivity index is 4.23. The summed E-state index contributed by atoms with van der Waals surface area (Å²) in [5.41, 5.74) is 5.34. The van der Waals surface area contributed by atoms with E-state index < -0.39 is 32.5 Å². The maximum Gasteiger partial charge on any atom is 0.472 e. The number of esters is 2. The van der Waals surface area contributed by atoms with Gasteiger partial charge in [-0.3, -0.25) is 18.6 Å². The lowest BCUT2D eigenvalue weighted by atomic mass is 10.1. The number of hydrogen-bond donors (Lipinski definition) is 2. The zero-order chi connectivity index (χ0) is 40.3. The van der Waals surface area contributed by atoms with Gasteiger partial charge in [0.1, 0.15) is 6.61 Å². The third kappa shape index (κ3) is 41.4. The second kappa shape index (κ2) is 41.6. The van der Waals surface area contributed by atoms with Crippen LogP contribution in [-0.4, -0.2) is 49.3 Å². The van der Waals surface area contributed by atoms with Crippen molar-refractivity contribution < 1.29 is 37.6 Å². The molecule has 0 saturated heterocycles. The Morgan fingerprint density at radius 2 is 0.964 bits per heavy atom. The van der Waals surface area contributed by atoms with Crippen molar-refractivity contribution >= 4 is 19.8 Å². The zero-order valence-electron chi connectivity index (χ0n) is 35.2. The van der Waals surface area contributed by atoms with Crippen molar-refractivity contribution in [2.24, 2.45) is 5.73 Å². The molecular weight excluding hydrogens is 713 g/mol. The summed E-state index contributed by atoms with van der Waals surface area (Å²) >= 11 is 0. The summed E-state index contributed by atoms with van der Waals surface area (Å²) in [5.74, 6) is -0.894. The molecule has 0 rings (SSSR count). The lowest BCUT2D eigenvalue weighted by molar-refractivity contribution is -0.161. The molecule has 3 N–H and O–H groups in total. The Bertz CT molecular complexity index is 1040. The van der Waals surface area contributed by atoms with Crippen LogP contribution < -0.4 is 5.73 Å². The highest BCUT2D eigenvalue weighted by atomic mass is 31.2. The van der Waals surface area contributed by atoms with Crippen LogP contribution >= 0.6 is 7.82 Å². The minimum atomic E-state index is -4.39. The molecule has 0 bridgehead atoms. The molecular formula is C45H82NO8P. The first-order valence-corrected chi connectivity index (χ1v) is 23.6. The molecule has 0 aromatic heterocycles. The summed E-state index contributed by atoms with van der Waals surface area (Å²) in [6, 6.07) is 0. The minimum absolute atomic E-state index is 0.0440. The molecule has 0 fully saturated rings. The van der Waals surface area contributed by atoms with Crippen molar-refractivity contribution in [3.63, 3.8) is 0 Å². The van der Waals surface area contributed by atoms with Gasteiger partial charge in [0.15, 0.2) is 6.10 Å². The van der Waals surface area contributed by atoms with E-state index in [4.69, 9.17) is 24.3 Å². The van der Waals surface area contributed by atoms with E-state index in [9.17, 15) is 19.0 Å². The van der Waals surface area contributed by atoms with Gasteiger partial charge in [-0.05, 0) is 70.6 Å². The maximum absolute atomic E-state index is 12.6. The van der Waals surface area contributed by atoms with Crippen molar-refractivity contribution in [2.45, 2.75) is 200 Å². The topological polar surface area (TPSA) is 134 Å². The fourth-order valence-corrected chi connectivity index (χ4v) is 6.65. The smallest absolute Gasteiger partial charge is 0.462 e. The molecule has 0 amide bonds. The largest absolute Gasteiger partial charge is 0.472 e. The van der Waals surface area contributed by atoms with E-state index in [0.717, 1.165) is 51.4 Å². The summed E-state index contributed by atoms with van der Waals surface area (Å²) in [7, 11) is -4.39. The normalized spacial score (nSPS) is 13.7. The molecule has 0 spiro atoms. The Hall–Kier alpha value is -2.03. The van der Waals surface area contributed by atoms with Gasteiger partial charge in [-0.2, -0.15) is 0 Å². The van der Waals surface area contributed by atoms with E-state index in [1.54, 1.807) is 0 Å². The lowest BCUT2D eigenvalue weighted by Crippen LogP contribution is -2.29. The van der Waals surface area contributed by atoms with Crippen LogP contribution in [0.4, 0.5) is 0 Å². The predicted octanol–water partition coefficient (Wildman–Crippen LogP) is 12.7. The first-order valence-electron chi connectivity index (χ1n) is 22.1. The van der Waals surface area contributed by atoms with Crippen molar-refractivity contribution in [1.82, 2.24) is 0 Å². The molecule has 0 aromatic rings. The summed E-state index contributed by atoms with van der Waals surface area (Å²) in [5, 5.41) is 0. The maximum atomic E-state index is 12.6. The molecule has 0 aliphatic carbocycles. The summed E-state index contributed by atoms with van der Waals surface area (Å²) < 4.78 is 32.7. The number of phosphoric acid groups is 1. The molecule has 9 nitrogen and oxygen atoms in total. The molecule has 2 atom stereocenters. The third-order valence-corrected chi connectivity index (χ3v) is 10.2. The molecule has 0 aromatic carbocycles. The van der Waals surface area contributed by atoms with Crippen molar-refractivity contribution in [3.8, 4) is 0 Å². The number of carbonyl (C=O) groups is 2. The highest BCUT2D eigenvalue weighted by Crippen LogP contribution is 2.43. The van der Waals surface area contributed by atoms with Crippen LogP contribution in [-0.2, 0) is 32.7 Å². The minimum Gasteiger partial charge on any atom is -0.462 e. The van der Waals surface area contributed by atoms with Crippen LogP contribution in [0.5, 0.6) is 0 Å². The van der Waals surface area contributed by atoms with Gasteiger partial charge in [0, 0.05) is 19.4 Å². The average Bonchev–Trinajstić information content (AvgIpc) is 3.17. The van der Waals surface area contributed by atoms with Gasteiger partial charge in [-0.1, -0.05) is 159 Å². The van der Waals surface area contributed by atoms with E-state index in [1.807, 2.05) is 6.08 Å². The number of nitrogens with two attached hydrogens (primary N) is 1. The van der Waals surface area contributed by atoms with Gasteiger partial charge < -0.3 is 20.1 Å². The van der Waals surface area contributed by atoms with Crippen LogP contribution in [0.15, 0.2) is 48.6 Å². The molecule has 0 saturated carbocycles. The van der Waals surface area contributed by atoms with Crippen molar-refractivity contribution in [2.75, 3.05) is 26.4 Å². The summed E-state index contributed by atoms with van der Waals surface area (Å²) in [6.45, 7) is 3.66. The number of ether oxygens (including phenoxy) is 2. The van der Waals surface area contributed by atoms with Crippen molar-refractivity contribution in [3.05, 3.63) is 48.6 Å². The number of phosphoric ester groups is 1. The number of unbranched alkanes of at least 4 members (excludes halogenated alkanes) is 20. The molecule has 0 aliphatic heterocycles. The molecule has 55 heavy (non-hydrogen) atoms. The van der Waals surface area contributed by atoms with Crippen molar-refractivity contribution in [1.29, 1.82) is 0 Å². The van der Waals surface area contributed by atoms with Crippen LogP contribution in [0.2, 0.25) is 0 Å². The van der Waals surface area contributed by atoms with Gasteiger partial charge in [0.25, 0.3) is 0 Å². The molecule has 0 aliphatic rings. The molecule has 1 unspecified atom stereocenters. The van der Waals surface area contributed by atoms with Crippen LogP contribution in [0.25, 0.3) is 0 Å². The molecule has 10 heteroatoms. The second-order valence-electron chi connectivity index (χ2n) is 14.6. The predicted molar refractivity (Wildman–Crippen MR) is 229 cm³/mol. The zero-order valence-corrected chi connectivity index (χ0v) is 36.0. The second-order valence-corrected chi connectivity index (χ2v) is 16.0. The fraction of sp³-hybridized carbons (Fsp3) is 0.778. The third-order valence-electron chi connectivity index (χ3n) is 9.19. The van der Waals surface area contributed by atoms with Gasteiger partial charge in [0.2, 0.25) is 0 Å². The van der Waals surface area contributed by atoms with E-state index in [2.05, 4.69) is 56.4 Å². The SMILES string of the molecule is CCCCCCCCC=CCC=CCC=CCCCC(=O)O[C@H](COC(=O)CCCCCCCCCC=CCCCCCCCC)COP(=O)(O)OCCN. The number of carbonyl (C=O) groups excluding carboxylic acids is 2. The van der Waals surface area contributed by atoms with E-state index in [1.165, 1.54) is 103 Å². The van der Waals surface area contributed by atoms with Gasteiger partial charge in [-0.25, -0.2) is 4.57 Å². The van der Waals surface area contributed by atoms with E-state index in [0.29, 0.717) is 12.8 Å². The van der Waals surface area contributed by atoms with Crippen LogP contribution in [0.3, 0.4) is 0 Å². The van der Waals surface area contributed by atoms with Gasteiger partial charge in [-0.15, -0.1) is 0 Å². The van der Waals surface area contributed by atoms with Gasteiger partial charge in [0.05, 0.1) is 13.2 Å². The average molecular weight is 796 g/mol. The van der Waals surface area contributed by atoms with E-state index >= 15 is 0 Å².